The number of ether oxygens (including phenoxy) is 1. The number of aryl methyl sites for hydroxylation is 2. The van der Waals surface area contributed by atoms with Crippen molar-refractivity contribution in [2.75, 3.05) is 37.7 Å². The Balaban J connectivity index is 1.39. The number of rotatable bonds is 4. The van der Waals surface area contributed by atoms with E-state index in [1.165, 1.54) is 6.33 Å². The quantitative estimate of drug-likeness (QED) is 0.813. The second-order valence-corrected chi connectivity index (χ2v) is 6.40. The molecule has 1 unspecified atom stereocenters. The predicted molar refractivity (Wildman–Crippen MR) is 86.7 cm³/mol. The number of nitrogens with zero attached hydrogens (tertiary/aromatic N) is 6. The van der Waals surface area contributed by atoms with Crippen LogP contribution in [0.4, 0.5) is 10.2 Å². The first-order valence-corrected chi connectivity index (χ1v) is 8.56. The molecule has 0 aromatic carbocycles. The molecule has 0 amide bonds. The van der Waals surface area contributed by atoms with Crippen LogP contribution in [0.3, 0.4) is 0 Å². The van der Waals surface area contributed by atoms with E-state index >= 15 is 0 Å². The van der Waals surface area contributed by atoms with E-state index in [1.54, 1.807) is 6.92 Å². The lowest BCUT2D eigenvalue weighted by Crippen LogP contribution is -2.62. The second-order valence-electron chi connectivity index (χ2n) is 6.40. The van der Waals surface area contributed by atoms with E-state index in [4.69, 9.17) is 9.26 Å². The highest BCUT2D eigenvalue weighted by Crippen LogP contribution is 2.29. The Morgan fingerprint density at radius 2 is 2.12 bits per heavy atom. The van der Waals surface area contributed by atoms with Gasteiger partial charge in [0.2, 0.25) is 0 Å². The van der Waals surface area contributed by atoms with Gasteiger partial charge >= 0.3 is 0 Å². The van der Waals surface area contributed by atoms with Crippen molar-refractivity contribution in [3.05, 3.63) is 29.6 Å². The summed E-state index contributed by atoms with van der Waals surface area (Å²) < 4.78 is 25.4. The maximum absolute atomic E-state index is 14.4. The third-order valence-corrected chi connectivity index (χ3v) is 4.77. The highest BCUT2D eigenvalue weighted by atomic mass is 19.1. The van der Waals surface area contributed by atoms with Crippen molar-refractivity contribution < 1.29 is 13.7 Å². The molecular formula is C16H21FN6O2. The van der Waals surface area contributed by atoms with Gasteiger partial charge in [-0.15, -0.1) is 0 Å². The fourth-order valence-corrected chi connectivity index (χ4v) is 3.32. The monoisotopic (exact) mass is 348 g/mol. The third-order valence-electron chi connectivity index (χ3n) is 4.77. The molecule has 0 saturated carbocycles. The van der Waals surface area contributed by atoms with Crippen molar-refractivity contribution >= 4 is 5.82 Å². The van der Waals surface area contributed by atoms with Gasteiger partial charge in [0.15, 0.2) is 17.5 Å². The molecule has 0 bridgehead atoms. The van der Waals surface area contributed by atoms with Gasteiger partial charge in [-0.25, -0.2) is 14.4 Å². The highest BCUT2D eigenvalue weighted by Gasteiger charge is 2.38. The number of anilines is 1. The molecule has 4 heterocycles. The molecule has 4 rings (SSSR count). The van der Waals surface area contributed by atoms with Crippen LogP contribution in [-0.2, 0) is 11.2 Å². The fraction of sp³-hybridized carbons (Fsp3) is 0.625. The van der Waals surface area contributed by atoms with Crippen molar-refractivity contribution in [3.63, 3.8) is 0 Å². The summed E-state index contributed by atoms with van der Waals surface area (Å²) in [5, 5.41) is 3.82. The Bertz CT molecular complexity index is 748. The average molecular weight is 348 g/mol. The lowest BCUT2D eigenvalue weighted by atomic mass is 10.1. The number of hydrogen-bond acceptors (Lipinski definition) is 8. The average Bonchev–Trinajstić information content (AvgIpc) is 3.02. The highest BCUT2D eigenvalue weighted by molar-refractivity contribution is 5.44. The Kier molecular flexibility index (Phi) is 4.34. The third kappa shape index (κ3) is 3.09. The molecule has 2 aromatic rings. The first kappa shape index (κ1) is 16.3. The molecule has 0 aliphatic carbocycles. The van der Waals surface area contributed by atoms with E-state index in [0.29, 0.717) is 48.8 Å². The summed E-state index contributed by atoms with van der Waals surface area (Å²) in [5.41, 5.74) is 0.464. The Labute approximate surface area is 145 Å². The van der Waals surface area contributed by atoms with Crippen molar-refractivity contribution in [2.45, 2.75) is 32.4 Å². The molecule has 0 N–H and O–H groups in total. The first-order valence-electron chi connectivity index (χ1n) is 8.56. The molecule has 0 spiro atoms. The Morgan fingerprint density at radius 3 is 2.84 bits per heavy atom. The molecule has 9 heteroatoms. The molecule has 2 aromatic heterocycles. The zero-order valence-corrected chi connectivity index (χ0v) is 14.4. The van der Waals surface area contributed by atoms with Crippen LogP contribution >= 0.6 is 0 Å². The van der Waals surface area contributed by atoms with Crippen LogP contribution in [0.2, 0.25) is 0 Å². The summed E-state index contributed by atoms with van der Waals surface area (Å²) in [6.45, 7) is 7.32. The summed E-state index contributed by atoms with van der Waals surface area (Å²) >= 11 is 0. The largest absolute Gasteiger partial charge is 0.366 e. The van der Waals surface area contributed by atoms with Gasteiger partial charge in [-0.2, -0.15) is 4.98 Å². The minimum Gasteiger partial charge on any atom is -0.366 e. The van der Waals surface area contributed by atoms with Crippen molar-refractivity contribution in [3.8, 4) is 0 Å². The van der Waals surface area contributed by atoms with Gasteiger partial charge in [0, 0.05) is 32.2 Å². The summed E-state index contributed by atoms with van der Waals surface area (Å²) in [6.07, 6.45) is 1.80. The van der Waals surface area contributed by atoms with Crippen LogP contribution in [0.1, 0.15) is 30.4 Å². The fourth-order valence-electron chi connectivity index (χ4n) is 3.32. The van der Waals surface area contributed by atoms with Crippen LogP contribution in [0.15, 0.2) is 10.9 Å². The van der Waals surface area contributed by atoms with Gasteiger partial charge < -0.3 is 14.2 Å². The summed E-state index contributed by atoms with van der Waals surface area (Å²) in [7, 11) is 0. The minimum atomic E-state index is -0.301. The minimum absolute atomic E-state index is 0.202. The maximum Gasteiger partial charge on any atom is 0.257 e. The van der Waals surface area contributed by atoms with Crippen LogP contribution in [0.5, 0.6) is 0 Å². The molecule has 8 nitrogen and oxygen atoms in total. The molecule has 1 atom stereocenters. The lowest BCUT2D eigenvalue weighted by molar-refractivity contribution is -0.0616. The predicted octanol–water partition coefficient (Wildman–Crippen LogP) is 1.13. The van der Waals surface area contributed by atoms with E-state index in [1.807, 2.05) is 11.8 Å². The lowest BCUT2D eigenvalue weighted by Gasteiger charge is -2.48. The first-order chi connectivity index (χ1) is 12.2. The van der Waals surface area contributed by atoms with E-state index in [-0.39, 0.29) is 11.9 Å². The van der Waals surface area contributed by atoms with Crippen molar-refractivity contribution in [2.24, 2.45) is 0 Å². The van der Waals surface area contributed by atoms with E-state index in [9.17, 15) is 4.39 Å². The van der Waals surface area contributed by atoms with Gasteiger partial charge in [-0.3, -0.25) is 4.90 Å². The SMILES string of the molecule is CCc1ncnc(N2CC(N3CCOC(c4nc(C)no4)C3)C2)c1F. The van der Waals surface area contributed by atoms with Crippen LogP contribution in [-0.4, -0.2) is 63.8 Å². The number of morpholine rings is 1. The molecule has 2 aliphatic heterocycles. The topological polar surface area (TPSA) is 80.4 Å². The second kappa shape index (κ2) is 6.64. The molecule has 0 radical (unpaired) electrons. The van der Waals surface area contributed by atoms with Crippen molar-refractivity contribution in [1.29, 1.82) is 0 Å². The van der Waals surface area contributed by atoms with E-state index < -0.39 is 0 Å². The molecule has 2 aliphatic rings. The summed E-state index contributed by atoms with van der Waals surface area (Å²) in [6, 6.07) is 0.342. The number of hydrogen-bond donors (Lipinski definition) is 0. The van der Waals surface area contributed by atoms with Gasteiger partial charge in [-0.1, -0.05) is 12.1 Å². The summed E-state index contributed by atoms with van der Waals surface area (Å²) in [5.74, 6) is 1.23. The van der Waals surface area contributed by atoms with Gasteiger partial charge in [-0.05, 0) is 13.3 Å². The van der Waals surface area contributed by atoms with E-state index in [2.05, 4.69) is 25.0 Å². The standard InChI is InChI=1S/C16H21FN6O2/c1-3-12-14(17)15(19-9-18-12)23-6-11(7-23)22-4-5-24-13(8-22)16-20-10(2)21-25-16/h9,11,13H,3-8H2,1-2H3. The summed E-state index contributed by atoms with van der Waals surface area (Å²) in [4.78, 5) is 16.7. The van der Waals surface area contributed by atoms with Gasteiger partial charge in [0.1, 0.15) is 12.4 Å². The maximum atomic E-state index is 14.4. The van der Waals surface area contributed by atoms with Crippen LogP contribution < -0.4 is 4.90 Å². The molecule has 25 heavy (non-hydrogen) atoms. The Morgan fingerprint density at radius 1 is 1.28 bits per heavy atom. The van der Waals surface area contributed by atoms with Crippen LogP contribution in [0.25, 0.3) is 0 Å². The normalized spacial score (nSPS) is 22.2. The van der Waals surface area contributed by atoms with Gasteiger partial charge in [0.05, 0.1) is 12.3 Å². The Hall–Kier alpha value is -2.13. The van der Waals surface area contributed by atoms with Crippen molar-refractivity contribution in [1.82, 2.24) is 25.0 Å². The zero-order chi connectivity index (χ0) is 17.4. The molecule has 134 valence electrons. The van der Waals surface area contributed by atoms with Gasteiger partial charge in [0.25, 0.3) is 5.89 Å². The van der Waals surface area contributed by atoms with E-state index in [0.717, 1.165) is 19.6 Å². The molecule has 2 saturated heterocycles. The van der Waals surface area contributed by atoms with Crippen LogP contribution in [0, 0.1) is 12.7 Å². The number of aromatic nitrogens is 4. The molecular weight excluding hydrogens is 327 g/mol. The smallest absolute Gasteiger partial charge is 0.257 e. The number of halogens is 1. The zero-order valence-electron chi connectivity index (χ0n) is 14.4. The molecule has 2 fully saturated rings.